The Kier molecular flexibility index (Phi) is 1.89. The van der Waals surface area contributed by atoms with E-state index in [1.54, 1.807) is 19.1 Å². The van der Waals surface area contributed by atoms with Crippen LogP contribution in [0.1, 0.15) is 22.1 Å². The van der Waals surface area contributed by atoms with E-state index in [-0.39, 0.29) is 17.3 Å². The zero-order valence-corrected chi connectivity index (χ0v) is 7.61. The van der Waals surface area contributed by atoms with Crippen molar-refractivity contribution in [1.82, 2.24) is 0 Å². The number of furan rings is 2. The Morgan fingerprint density at radius 1 is 1.43 bits per heavy atom. The lowest BCUT2D eigenvalue weighted by Gasteiger charge is -1.90. The molecule has 0 bridgehead atoms. The highest BCUT2D eigenvalue weighted by Gasteiger charge is 2.17. The Morgan fingerprint density at radius 3 is 2.71 bits per heavy atom. The number of nitrogen functional groups attached to an aromatic ring is 1. The molecular weight excluding hydrogens is 182 g/mol. The van der Waals surface area contributed by atoms with Crippen molar-refractivity contribution in [3.63, 3.8) is 0 Å². The molecule has 14 heavy (non-hydrogen) atoms. The molecule has 0 spiro atoms. The molecule has 2 rings (SSSR count). The van der Waals surface area contributed by atoms with E-state index in [0.717, 1.165) is 0 Å². The Labute approximate surface area is 80.3 Å². The normalized spacial score (nSPS) is 10.4. The summed E-state index contributed by atoms with van der Waals surface area (Å²) in [5.41, 5.74) is 6.03. The molecule has 0 saturated carbocycles. The summed E-state index contributed by atoms with van der Waals surface area (Å²) < 4.78 is 10.1. The van der Waals surface area contributed by atoms with E-state index in [4.69, 9.17) is 14.6 Å². The van der Waals surface area contributed by atoms with Crippen molar-refractivity contribution < 1.29 is 13.6 Å². The third-order valence-corrected chi connectivity index (χ3v) is 1.92. The standard InChI is InChI=1S/C10H9NO3/c1-6-7(11)5-9(14-6)10(12)8-3-2-4-13-8/h2-5H,11H2,1H3. The first kappa shape index (κ1) is 8.62. The number of hydrogen-bond acceptors (Lipinski definition) is 4. The van der Waals surface area contributed by atoms with E-state index >= 15 is 0 Å². The molecule has 0 aliphatic heterocycles. The van der Waals surface area contributed by atoms with Gasteiger partial charge < -0.3 is 14.6 Å². The molecule has 72 valence electrons. The van der Waals surface area contributed by atoms with Crippen molar-refractivity contribution in [2.45, 2.75) is 6.92 Å². The van der Waals surface area contributed by atoms with Gasteiger partial charge in [0, 0.05) is 6.07 Å². The first-order valence-corrected chi connectivity index (χ1v) is 4.12. The van der Waals surface area contributed by atoms with Crippen LogP contribution in [0.3, 0.4) is 0 Å². The van der Waals surface area contributed by atoms with Gasteiger partial charge in [-0.3, -0.25) is 4.79 Å². The lowest BCUT2D eigenvalue weighted by molar-refractivity contribution is 0.0982. The van der Waals surface area contributed by atoms with Crippen molar-refractivity contribution in [2.24, 2.45) is 0 Å². The maximum atomic E-state index is 11.6. The fourth-order valence-electron chi connectivity index (χ4n) is 1.14. The third kappa shape index (κ3) is 1.31. The average Bonchev–Trinajstić information content (AvgIpc) is 2.76. The van der Waals surface area contributed by atoms with E-state index < -0.39 is 0 Å². The molecule has 0 aromatic carbocycles. The second-order valence-corrected chi connectivity index (χ2v) is 2.93. The van der Waals surface area contributed by atoms with Gasteiger partial charge in [-0.1, -0.05) is 0 Å². The summed E-state index contributed by atoms with van der Waals surface area (Å²) in [5, 5.41) is 0. The SMILES string of the molecule is Cc1oc(C(=O)c2ccco2)cc1N. The fourth-order valence-corrected chi connectivity index (χ4v) is 1.14. The number of rotatable bonds is 2. The molecule has 0 aliphatic rings. The molecule has 4 heteroatoms. The number of aryl methyl sites for hydroxylation is 1. The van der Waals surface area contributed by atoms with Crippen LogP contribution in [0.2, 0.25) is 0 Å². The molecule has 0 radical (unpaired) electrons. The smallest absolute Gasteiger partial charge is 0.263 e. The lowest BCUT2D eigenvalue weighted by atomic mass is 10.2. The zero-order chi connectivity index (χ0) is 10.1. The molecule has 0 saturated heterocycles. The van der Waals surface area contributed by atoms with Gasteiger partial charge in [0.2, 0.25) is 0 Å². The summed E-state index contributed by atoms with van der Waals surface area (Å²) in [5.74, 6) is 0.698. The number of anilines is 1. The van der Waals surface area contributed by atoms with Gasteiger partial charge in [-0.2, -0.15) is 0 Å². The Hall–Kier alpha value is -1.97. The topological polar surface area (TPSA) is 69.4 Å². The van der Waals surface area contributed by atoms with Crippen molar-refractivity contribution in [3.8, 4) is 0 Å². The highest BCUT2D eigenvalue weighted by molar-refractivity contribution is 6.05. The van der Waals surface area contributed by atoms with E-state index in [9.17, 15) is 4.79 Å². The minimum absolute atomic E-state index is 0.204. The van der Waals surface area contributed by atoms with E-state index in [1.165, 1.54) is 12.3 Å². The van der Waals surface area contributed by atoms with Gasteiger partial charge in [-0.25, -0.2) is 0 Å². The Morgan fingerprint density at radius 2 is 2.21 bits per heavy atom. The van der Waals surface area contributed by atoms with Gasteiger partial charge in [-0.15, -0.1) is 0 Å². The minimum atomic E-state index is -0.296. The largest absolute Gasteiger partial charge is 0.461 e. The first-order valence-electron chi connectivity index (χ1n) is 4.12. The van der Waals surface area contributed by atoms with Crippen LogP contribution in [0.5, 0.6) is 0 Å². The maximum Gasteiger partial charge on any atom is 0.263 e. The quantitative estimate of drug-likeness (QED) is 0.737. The highest BCUT2D eigenvalue weighted by Crippen LogP contribution is 2.19. The number of hydrogen-bond donors (Lipinski definition) is 1. The molecule has 0 fully saturated rings. The second kappa shape index (κ2) is 3.06. The molecule has 0 amide bonds. The van der Waals surface area contributed by atoms with E-state index in [0.29, 0.717) is 11.4 Å². The van der Waals surface area contributed by atoms with Crippen LogP contribution in [0.15, 0.2) is 33.3 Å². The zero-order valence-electron chi connectivity index (χ0n) is 7.61. The molecule has 4 nitrogen and oxygen atoms in total. The van der Waals surface area contributed by atoms with Gasteiger partial charge in [0.05, 0.1) is 12.0 Å². The van der Waals surface area contributed by atoms with Crippen LogP contribution < -0.4 is 5.73 Å². The Bertz CT molecular complexity index is 434. The van der Waals surface area contributed by atoms with E-state index in [2.05, 4.69) is 0 Å². The van der Waals surface area contributed by atoms with Crippen LogP contribution in [0, 0.1) is 6.92 Å². The average molecular weight is 191 g/mol. The van der Waals surface area contributed by atoms with Gasteiger partial charge in [-0.05, 0) is 19.1 Å². The van der Waals surface area contributed by atoms with Crippen molar-refractivity contribution in [1.29, 1.82) is 0 Å². The van der Waals surface area contributed by atoms with Gasteiger partial charge in [0.1, 0.15) is 5.76 Å². The number of carbonyl (C=O) groups is 1. The summed E-state index contributed by atoms with van der Waals surface area (Å²) >= 11 is 0. The summed E-state index contributed by atoms with van der Waals surface area (Å²) in [6.45, 7) is 1.70. The summed E-state index contributed by atoms with van der Waals surface area (Å²) in [6, 6.07) is 4.73. The fraction of sp³-hybridized carbons (Fsp3) is 0.100. The van der Waals surface area contributed by atoms with Gasteiger partial charge in [0.15, 0.2) is 11.5 Å². The van der Waals surface area contributed by atoms with Crippen LogP contribution >= 0.6 is 0 Å². The number of carbonyl (C=O) groups excluding carboxylic acids is 1. The molecule has 2 aromatic rings. The summed E-state index contributed by atoms with van der Waals surface area (Å²) in [7, 11) is 0. The van der Waals surface area contributed by atoms with Gasteiger partial charge >= 0.3 is 0 Å². The van der Waals surface area contributed by atoms with Crippen molar-refractivity contribution in [3.05, 3.63) is 41.7 Å². The predicted molar refractivity (Wildman–Crippen MR) is 50.0 cm³/mol. The minimum Gasteiger partial charge on any atom is -0.461 e. The Balaban J connectivity index is 2.37. The predicted octanol–water partition coefficient (Wildman–Crippen LogP) is 1.99. The van der Waals surface area contributed by atoms with Crippen LogP contribution in [-0.4, -0.2) is 5.78 Å². The lowest BCUT2D eigenvalue weighted by Crippen LogP contribution is -1.96. The maximum absolute atomic E-state index is 11.6. The van der Waals surface area contributed by atoms with Crippen LogP contribution in [0.25, 0.3) is 0 Å². The number of ketones is 1. The molecular formula is C10H9NO3. The molecule has 0 aliphatic carbocycles. The van der Waals surface area contributed by atoms with Crippen molar-refractivity contribution >= 4 is 11.5 Å². The monoisotopic (exact) mass is 191 g/mol. The summed E-state index contributed by atoms with van der Waals surface area (Å²) in [4.78, 5) is 11.6. The van der Waals surface area contributed by atoms with Gasteiger partial charge in [0.25, 0.3) is 5.78 Å². The first-order chi connectivity index (χ1) is 6.68. The second-order valence-electron chi connectivity index (χ2n) is 2.93. The third-order valence-electron chi connectivity index (χ3n) is 1.92. The summed E-state index contributed by atoms with van der Waals surface area (Å²) in [6.07, 6.45) is 1.44. The molecule has 0 unspecified atom stereocenters. The van der Waals surface area contributed by atoms with E-state index in [1.807, 2.05) is 0 Å². The number of nitrogens with two attached hydrogens (primary N) is 1. The molecule has 2 N–H and O–H groups in total. The molecule has 2 aromatic heterocycles. The molecule has 2 heterocycles. The van der Waals surface area contributed by atoms with Crippen molar-refractivity contribution in [2.75, 3.05) is 5.73 Å². The van der Waals surface area contributed by atoms with Crippen LogP contribution in [0.4, 0.5) is 5.69 Å². The molecule has 0 atom stereocenters. The highest BCUT2D eigenvalue weighted by atomic mass is 16.4. The van der Waals surface area contributed by atoms with Crippen LogP contribution in [-0.2, 0) is 0 Å².